The number of nitrogens with zero attached hydrogens (tertiary/aromatic N) is 1. The van der Waals surface area contributed by atoms with Gasteiger partial charge in [0.15, 0.2) is 0 Å². The number of carbonyl (C=O) groups excluding carboxylic acids is 2. The number of unbranched alkanes of at least 4 members (excludes halogenated alkanes) is 1. The first-order chi connectivity index (χ1) is 14.6. The predicted octanol–water partition coefficient (Wildman–Crippen LogP) is 5.82. The maximum atomic E-state index is 13.6. The van der Waals surface area contributed by atoms with Gasteiger partial charge >= 0.3 is 5.97 Å². The number of amides is 1. The average molecular weight is 439 g/mol. The second-order valence-electron chi connectivity index (χ2n) is 6.33. The number of hydrogen-bond donors (Lipinski definition) is 0. The van der Waals surface area contributed by atoms with Crippen molar-refractivity contribution < 1.29 is 36.3 Å². The molecule has 2 aromatic rings. The lowest BCUT2D eigenvalue weighted by Gasteiger charge is -2.17. The Morgan fingerprint density at radius 3 is 1.77 bits per heavy atom. The monoisotopic (exact) mass is 439 g/mol. The van der Waals surface area contributed by atoms with Crippen LogP contribution in [0.5, 0.6) is 5.75 Å². The minimum Gasteiger partial charge on any atom is -0.416 e. The molecule has 164 valence electrons. The van der Waals surface area contributed by atoms with E-state index in [1.165, 1.54) is 42.0 Å². The highest BCUT2D eigenvalue weighted by molar-refractivity contribution is 6.08. The van der Waals surface area contributed by atoms with Gasteiger partial charge in [0.25, 0.3) is 5.91 Å². The first kappa shape index (κ1) is 23.8. The van der Waals surface area contributed by atoms with Gasteiger partial charge in [0.05, 0.1) is 5.56 Å². The lowest BCUT2D eigenvalue weighted by Crippen LogP contribution is -2.22. The molecule has 1 amide bonds. The normalized spacial score (nSPS) is 12.7. The van der Waals surface area contributed by atoms with Crippen molar-refractivity contribution in [2.24, 2.45) is 0 Å². The van der Waals surface area contributed by atoms with Gasteiger partial charge in [0, 0.05) is 17.5 Å². The molecule has 0 saturated carbocycles. The smallest absolute Gasteiger partial charge is 0.343 e. The van der Waals surface area contributed by atoms with Crippen LogP contribution >= 0.6 is 0 Å². The molecule has 0 spiro atoms. The van der Waals surface area contributed by atoms with Crippen molar-refractivity contribution in [1.29, 1.82) is 0 Å². The highest BCUT2D eigenvalue weighted by Gasteiger charge is 2.29. The number of anilines is 1. The summed E-state index contributed by atoms with van der Waals surface area (Å²) in [5.74, 6) is -14.8. The highest BCUT2D eigenvalue weighted by Crippen LogP contribution is 2.30. The van der Waals surface area contributed by atoms with E-state index in [-0.39, 0.29) is 11.5 Å². The van der Waals surface area contributed by atoms with Crippen LogP contribution in [0.2, 0.25) is 0 Å². The molecule has 0 N–H and O–H groups in total. The number of rotatable bonds is 4. The van der Waals surface area contributed by atoms with E-state index < -0.39 is 40.8 Å². The third-order valence-corrected chi connectivity index (χ3v) is 4.15. The molecule has 0 aromatic heterocycles. The van der Waals surface area contributed by atoms with Crippen LogP contribution in [-0.2, 0) is 4.79 Å². The van der Waals surface area contributed by atoms with Crippen LogP contribution in [0.4, 0.5) is 27.6 Å². The fourth-order valence-corrected chi connectivity index (χ4v) is 2.32. The Kier molecular flexibility index (Phi) is 7.68. The second-order valence-corrected chi connectivity index (χ2v) is 6.33. The standard InChI is InChI=1S/C18H8F5NO3.C4H10/c1-8-2-7-11(25)24(8)10-5-3-9(4-6-10)18(26)27-17-15(22)13(20)12(19)14(21)16(17)23;1-3-4-2/h2-7H,1H2;3-4H2,1-2H3. The van der Waals surface area contributed by atoms with E-state index in [1.807, 2.05) is 0 Å². The third-order valence-electron chi connectivity index (χ3n) is 4.15. The summed E-state index contributed by atoms with van der Waals surface area (Å²) in [5.41, 5.74) is 0.493. The molecule has 3 rings (SSSR count). The largest absolute Gasteiger partial charge is 0.416 e. The van der Waals surface area contributed by atoms with E-state index in [2.05, 4.69) is 25.2 Å². The lowest BCUT2D eigenvalue weighted by atomic mass is 10.2. The number of hydrogen-bond acceptors (Lipinski definition) is 3. The second kappa shape index (κ2) is 10.0. The molecule has 2 aromatic carbocycles. The van der Waals surface area contributed by atoms with E-state index >= 15 is 0 Å². The zero-order valence-electron chi connectivity index (χ0n) is 16.6. The fraction of sp³-hybridized carbons (Fsp3) is 0.182. The van der Waals surface area contributed by atoms with E-state index in [0.29, 0.717) is 11.4 Å². The lowest BCUT2D eigenvalue weighted by molar-refractivity contribution is -0.113. The first-order valence-corrected chi connectivity index (χ1v) is 9.18. The van der Waals surface area contributed by atoms with E-state index in [4.69, 9.17) is 0 Å². The number of ether oxygens (including phenoxy) is 1. The van der Waals surface area contributed by atoms with E-state index in [0.717, 1.165) is 12.1 Å². The van der Waals surface area contributed by atoms with Crippen molar-refractivity contribution in [2.75, 3.05) is 4.90 Å². The van der Waals surface area contributed by atoms with Crippen LogP contribution in [0.15, 0.2) is 48.7 Å². The Labute approximate surface area is 175 Å². The van der Waals surface area contributed by atoms with Gasteiger partial charge < -0.3 is 4.74 Å². The predicted molar refractivity (Wildman–Crippen MR) is 104 cm³/mol. The fourth-order valence-electron chi connectivity index (χ4n) is 2.32. The SMILES string of the molecule is C=C1C=CC(=O)N1c1ccc(C(=O)Oc2c(F)c(F)c(F)c(F)c2F)cc1.CCCC. The number of carbonyl (C=O) groups is 2. The zero-order chi connectivity index (χ0) is 23.3. The Morgan fingerprint density at radius 2 is 1.35 bits per heavy atom. The number of halogens is 5. The van der Waals surface area contributed by atoms with Crippen LogP contribution < -0.4 is 9.64 Å². The summed E-state index contributed by atoms with van der Waals surface area (Å²) in [6, 6.07) is 4.96. The van der Waals surface area contributed by atoms with Gasteiger partial charge in [-0.3, -0.25) is 9.69 Å². The molecule has 0 bridgehead atoms. The quantitative estimate of drug-likeness (QED) is 0.198. The van der Waals surface area contributed by atoms with Crippen LogP contribution in [0, 0.1) is 29.1 Å². The molecule has 0 radical (unpaired) electrons. The van der Waals surface area contributed by atoms with Gasteiger partial charge in [-0.15, -0.1) is 0 Å². The summed E-state index contributed by atoms with van der Waals surface area (Å²) < 4.78 is 70.8. The van der Waals surface area contributed by atoms with Gasteiger partial charge in [-0.1, -0.05) is 33.3 Å². The summed E-state index contributed by atoms with van der Waals surface area (Å²) in [6.45, 7) is 8.02. The van der Waals surface area contributed by atoms with Crippen molar-refractivity contribution in [2.45, 2.75) is 26.7 Å². The molecule has 4 nitrogen and oxygen atoms in total. The van der Waals surface area contributed by atoms with Crippen molar-refractivity contribution >= 4 is 17.6 Å². The molecule has 0 saturated heterocycles. The highest BCUT2D eigenvalue weighted by atomic mass is 19.2. The molecule has 1 heterocycles. The van der Waals surface area contributed by atoms with Crippen LogP contribution in [0.25, 0.3) is 0 Å². The summed E-state index contributed by atoms with van der Waals surface area (Å²) in [7, 11) is 0. The Balaban J connectivity index is 0.000000785. The molecule has 0 atom stereocenters. The molecule has 1 aliphatic rings. The Bertz CT molecular complexity index is 999. The molecule has 0 unspecified atom stereocenters. The minimum absolute atomic E-state index is 0.243. The van der Waals surface area contributed by atoms with E-state index in [9.17, 15) is 31.5 Å². The van der Waals surface area contributed by atoms with Crippen LogP contribution in [0.1, 0.15) is 37.0 Å². The van der Waals surface area contributed by atoms with Gasteiger partial charge in [0.1, 0.15) is 0 Å². The summed E-state index contributed by atoms with van der Waals surface area (Å²) in [6.07, 6.45) is 5.40. The Morgan fingerprint density at radius 1 is 0.871 bits per heavy atom. The Hall–Kier alpha value is -3.49. The first-order valence-electron chi connectivity index (χ1n) is 9.18. The summed E-state index contributed by atoms with van der Waals surface area (Å²) in [5, 5.41) is 0. The molecular weight excluding hydrogens is 421 g/mol. The van der Waals surface area contributed by atoms with Crippen LogP contribution in [-0.4, -0.2) is 11.9 Å². The van der Waals surface area contributed by atoms with E-state index in [1.54, 1.807) is 0 Å². The van der Waals surface area contributed by atoms with Crippen LogP contribution in [0.3, 0.4) is 0 Å². The summed E-state index contributed by atoms with van der Waals surface area (Å²) >= 11 is 0. The number of esters is 1. The number of benzene rings is 2. The maximum Gasteiger partial charge on any atom is 0.343 e. The van der Waals surface area contributed by atoms with Crippen molar-refractivity contribution in [3.05, 3.63) is 83.3 Å². The van der Waals surface area contributed by atoms with Crippen molar-refractivity contribution in [3.63, 3.8) is 0 Å². The molecular formula is C22H18F5NO3. The van der Waals surface area contributed by atoms with Crippen molar-refractivity contribution in [1.82, 2.24) is 0 Å². The summed E-state index contributed by atoms with van der Waals surface area (Å²) in [4.78, 5) is 24.9. The average Bonchev–Trinajstić information content (AvgIpc) is 3.12. The zero-order valence-corrected chi connectivity index (χ0v) is 16.6. The molecule has 0 aliphatic carbocycles. The molecule has 9 heteroatoms. The van der Waals surface area contributed by atoms with Gasteiger partial charge in [-0.2, -0.15) is 8.78 Å². The third kappa shape index (κ3) is 4.99. The minimum atomic E-state index is -2.36. The molecule has 1 aliphatic heterocycles. The molecule has 0 fully saturated rings. The van der Waals surface area contributed by atoms with Crippen molar-refractivity contribution in [3.8, 4) is 5.75 Å². The maximum absolute atomic E-state index is 13.6. The van der Waals surface area contributed by atoms with Gasteiger partial charge in [-0.05, 0) is 30.3 Å². The topological polar surface area (TPSA) is 46.6 Å². The number of allylic oxidation sites excluding steroid dienone is 1. The molecule has 31 heavy (non-hydrogen) atoms. The van der Waals surface area contributed by atoms with Gasteiger partial charge in [0.2, 0.25) is 34.8 Å². The van der Waals surface area contributed by atoms with Gasteiger partial charge in [-0.25, -0.2) is 18.0 Å².